The maximum absolute atomic E-state index is 11.0. The first-order valence-electron chi connectivity index (χ1n) is 5.95. The topological polar surface area (TPSA) is 89.3 Å². The van der Waals surface area contributed by atoms with Crippen molar-refractivity contribution in [2.45, 2.75) is 13.5 Å². The number of carboxylic acid groups (broad SMARTS) is 1. The largest absolute Gasteiger partial charge is 0.478 e. The molecule has 19 heavy (non-hydrogen) atoms. The van der Waals surface area contributed by atoms with E-state index >= 15 is 0 Å². The Morgan fingerprint density at radius 1 is 1.16 bits per heavy atom. The molecule has 0 aliphatic heterocycles. The van der Waals surface area contributed by atoms with Crippen LogP contribution in [0.5, 0.6) is 0 Å². The Morgan fingerprint density at radius 3 is 2.37 bits per heavy atom. The van der Waals surface area contributed by atoms with Crippen LogP contribution < -0.4 is 11.5 Å². The van der Waals surface area contributed by atoms with Gasteiger partial charge in [0.2, 0.25) is 0 Å². The summed E-state index contributed by atoms with van der Waals surface area (Å²) in [6, 6.07) is 10.9. The van der Waals surface area contributed by atoms with E-state index in [1.54, 1.807) is 19.1 Å². The fourth-order valence-electron chi connectivity index (χ4n) is 2.05. The minimum absolute atomic E-state index is 0.318. The van der Waals surface area contributed by atoms with E-state index < -0.39 is 5.97 Å². The molecule has 0 aliphatic carbocycles. The van der Waals surface area contributed by atoms with Gasteiger partial charge in [0.25, 0.3) is 0 Å². The molecule has 0 bridgehead atoms. The van der Waals surface area contributed by atoms with Crippen molar-refractivity contribution >= 4 is 11.7 Å². The zero-order chi connectivity index (χ0) is 14.0. The van der Waals surface area contributed by atoms with Crippen molar-refractivity contribution in [1.29, 1.82) is 0 Å². The maximum Gasteiger partial charge on any atom is 0.335 e. The lowest BCUT2D eigenvalue weighted by Crippen LogP contribution is -2.02. The molecule has 0 saturated carbocycles. The van der Waals surface area contributed by atoms with Gasteiger partial charge in [0.1, 0.15) is 0 Å². The van der Waals surface area contributed by atoms with Crippen LogP contribution in [0.3, 0.4) is 0 Å². The minimum atomic E-state index is -0.913. The first-order chi connectivity index (χ1) is 9.02. The third-order valence-corrected chi connectivity index (χ3v) is 3.15. The Kier molecular flexibility index (Phi) is 3.53. The van der Waals surface area contributed by atoms with Crippen LogP contribution >= 0.6 is 0 Å². The molecular formula is C15H16N2O2. The molecule has 0 aromatic heterocycles. The Hall–Kier alpha value is -2.33. The van der Waals surface area contributed by atoms with Gasteiger partial charge in [-0.3, -0.25) is 0 Å². The molecule has 2 aromatic rings. The predicted molar refractivity (Wildman–Crippen MR) is 75.9 cm³/mol. The SMILES string of the molecule is Cc1cc(-c2ccc(N)c(CN)c2)ccc1C(=O)O. The van der Waals surface area contributed by atoms with Gasteiger partial charge < -0.3 is 16.6 Å². The predicted octanol–water partition coefficient (Wildman–Crippen LogP) is 2.40. The van der Waals surface area contributed by atoms with Crippen molar-refractivity contribution in [2.24, 2.45) is 5.73 Å². The number of anilines is 1. The summed E-state index contributed by atoms with van der Waals surface area (Å²) in [6.07, 6.45) is 0. The summed E-state index contributed by atoms with van der Waals surface area (Å²) in [6.45, 7) is 2.17. The smallest absolute Gasteiger partial charge is 0.335 e. The zero-order valence-electron chi connectivity index (χ0n) is 10.7. The van der Waals surface area contributed by atoms with Crippen LogP contribution in [0, 0.1) is 6.92 Å². The molecule has 98 valence electrons. The average molecular weight is 256 g/mol. The Morgan fingerprint density at radius 2 is 1.79 bits per heavy atom. The average Bonchev–Trinajstić information content (AvgIpc) is 2.38. The summed E-state index contributed by atoms with van der Waals surface area (Å²) in [5, 5.41) is 9.01. The molecule has 0 atom stereocenters. The Bertz CT molecular complexity index is 636. The minimum Gasteiger partial charge on any atom is -0.478 e. The van der Waals surface area contributed by atoms with Crippen molar-refractivity contribution in [1.82, 2.24) is 0 Å². The molecule has 4 heteroatoms. The van der Waals surface area contributed by atoms with E-state index in [4.69, 9.17) is 16.6 Å². The third-order valence-electron chi connectivity index (χ3n) is 3.15. The summed E-state index contributed by atoms with van der Waals surface area (Å²) in [5.41, 5.74) is 16.0. The van der Waals surface area contributed by atoms with Crippen LogP contribution in [-0.2, 0) is 6.54 Å². The molecule has 5 N–H and O–H groups in total. The summed E-state index contributed by atoms with van der Waals surface area (Å²) >= 11 is 0. The van der Waals surface area contributed by atoms with Gasteiger partial charge in [-0.1, -0.05) is 18.2 Å². The quantitative estimate of drug-likeness (QED) is 0.735. The highest BCUT2D eigenvalue weighted by Gasteiger charge is 2.08. The molecule has 2 aromatic carbocycles. The number of rotatable bonds is 3. The summed E-state index contributed by atoms with van der Waals surface area (Å²) < 4.78 is 0. The van der Waals surface area contributed by atoms with Crippen molar-refractivity contribution in [3.8, 4) is 11.1 Å². The number of aromatic carboxylic acids is 1. The van der Waals surface area contributed by atoms with Gasteiger partial charge in [0, 0.05) is 12.2 Å². The third kappa shape index (κ3) is 2.58. The molecule has 0 fully saturated rings. The highest BCUT2D eigenvalue weighted by molar-refractivity contribution is 5.90. The lowest BCUT2D eigenvalue weighted by Gasteiger charge is -2.09. The molecule has 0 aliphatic rings. The van der Waals surface area contributed by atoms with Crippen molar-refractivity contribution < 1.29 is 9.90 Å². The van der Waals surface area contributed by atoms with Crippen LogP contribution in [0.15, 0.2) is 36.4 Å². The van der Waals surface area contributed by atoms with E-state index in [1.807, 2.05) is 24.3 Å². The molecule has 0 unspecified atom stereocenters. The fourth-order valence-corrected chi connectivity index (χ4v) is 2.05. The van der Waals surface area contributed by atoms with Crippen LogP contribution in [0.2, 0.25) is 0 Å². The lowest BCUT2D eigenvalue weighted by molar-refractivity contribution is 0.0696. The molecule has 0 radical (unpaired) electrons. The van der Waals surface area contributed by atoms with Crippen molar-refractivity contribution in [3.05, 3.63) is 53.1 Å². The number of nitrogens with two attached hydrogens (primary N) is 2. The van der Waals surface area contributed by atoms with E-state index in [0.717, 1.165) is 22.3 Å². The van der Waals surface area contributed by atoms with Gasteiger partial charge in [-0.25, -0.2) is 4.79 Å². The van der Waals surface area contributed by atoms with Gasteiger partial charge in [-0.2, -0.15) is 0 Å². The number of carbonyl (C=O) groups is 1. The van der Waals surface area contributed by atoms with Gasteiger partial charge >= 0.3 is 5.97 Å². The lowest BCUT2D eigenvalue weighted by atomic mass is 9.98. The number of carboxylic acids is 1. The highest BCUT2D eigenvalue weighted by atomic mass is 16.4. The van der Waals surface area contributed by atoms with Gasteiger partial charge in [-0.15, -0.1) is 0 Å². The van der Waals surface area contributed by atoms with Gasteiger partial charge in [0.05, 0.1) is 5.56 Å². The van der Waals surface area contributed by atoms with E-state index in [0.29, 0.717) is 17.8 Å². The van der Waals surface area contributed by atoms with Crippen LogP contribution in [0.4, 0.5) is 5.69 Å². The van der Waals surface area contributed by atoms with E-state index in [-0.39, 0.29) is 0 Å². The number of benzene rings is 2. The monoisotopic (exact) mass is 256 g/mol. The van der Waals surface area contributed by atoms with Gasteiger partial charge in [-0.05, 0) is 47.4 Å². The first kappa shape index (κ1) is 13.1. The van der Waals surface area contributed by atoms with Crippen LogP contribution in [0.25, 0.3) is 11.1 Å². The van der Waals surface area contributed by atoms with E-state index in [2.05, 4.69) is 0 Å². The van der Waals surface area contributed by atoms with Crippen LogP contribution in [-0.4, -0.2) is 11.1 Å². The molecule has 0 amide bonds. The molecule has 4 nitrogen and oxygen atoms in total. The number of aryl methyl sites for hydroxylation is 1. The summed E-state index contributed by atoms with van der Waals surface area (Å²) in [4.78, 5) is 11.0. The molecule has 0 spiro atoms. The maximum atomic E-state index is 11.0. The number of hydrogen-bond donors (Lipinski definition) is 3. The van der Waals surface area contributed by atoms with E-state index in [1.165, 1.54) is 0 Å². The molecule has 2 rings (SSSR count). The summed E-state index contributed by atoms with van der Waals surface area (Å²) in [5.74, 6) is -0.913. The second-order valence-electron chi connectivity index (χ2n) is 4.45. The number of nitrogen functional groups attached to an aromatic ring is 1. The highest BCUT2D eigenvalue weighted by Crippen LogP contribution is 2.25. The summed E-state index contributed by atoms with van der Waals surface area (Å²) in [7, 11) is 0. The molecular weight excluding hydrogens is 240 g/mol. The normalized spacial score (nSPS) is 10.4. The van der Waals surface area contributed by atoms with Crippen molar-refractivity contribution in [3.63, 3.8) is 0 Å². The Balaban J connectivity index is 2.48. The molecule has 0 heterocycles. The Labute approximate surface area is 111 Å². The van der Waals surface area contributed by atoms with E-state index in [9.17, 15) is 4.79 Å². The standard InChI is InChI=1S/C15H16N2O2/c1-9-6-10(2-4-13(9)15(18)19)11-3-5-14(17)12(7-11)8-16/h2-7H,8,16-17H2,1H3,(H,18,19). The second kappa shape index (κ2) is 5.12. The fraction of sp³-hybridized carbons (Fsp3) is 0.133. The van der Waals surface area contributed by atoms with Crippen LogP contribution in [0.1, 0.15) is 21.5 Å². The first-order valence-corrected chi connectivity index (χ1v) is 5.95. The molecule has 0 saturated heterocycles. The zero-order valence-corrected chi connectivity index (χ0v) is 10.7. The second-order valence-corrected chi connectivity index (χ2v) is 4.45. The van der Waals surface area contributed by atoms with Gasteiger partial charge in [0.15, 0.2) is 0 Å². The van der Waals surface area contributed by atoms with Crippen molar-refractivity contribution in [2.75, 3.05) is 5.73 Å². The number of hydrogen-bond acceptors (Lipinski definition) is 3.